The molecule has 0 fully saturated rings. The van der Waals surface area contributed by atoms with Gasteiger partial charge in [-0.3, -0.25) is 4.79 Å². The number of carbonyl (C=O) groups excluding carboxylic acids is 1. The number of hydrogen-bond donors (Lipinski definition) is 2. The molecule has 33 heavy (non-hydrogen) atoms. The molecule has 1 aliphatic heterocycles. The fourth-order valence-electron chi connectivity index (χ4n) is 4.10. The first-order valence-corrected chi connectivity index (χ1v) is 14.1. The molecule has 0 unspecified atom stereocenters. The molecule has 0 spiro atoms. The first-order valence-electron chi connectivity index (χ1n) is 11.9. The van der Waals surface area contributed by atoms with Crippen molar-refractivity contribution in [2.45, 2.75) is 75.8 Å². The van der Waals surface area contributed by atoms with E-state index in [9.17, 15) is 4.79 Å². The van der Waals surface area contributed by atoms with E-state index in [1.807, 2.05) is 54.4 Å². The van der Waals surface area contributed by atoms with Crippen LogP contribution < -0.4 is 14.8 Å². The van der Waals surface area contributed by atoms with Gasteiger partial charge in [-0.05, 0) is 49.4 Å². The lowest BCUT2D eigenvalue weighted by Crippen LogP contribution is -2.47. The number of rotatable bonds is 9. The summed E-state index contributed by atoms with van der Waals surface area (Å²) >= 11 is 3.30. The number of ether oxygens (including phenoxy) is 1. The quantitative estimate of drug-likeness (QED) is 0.380. The fourth-order valence-corrected chi connectivity index (χ4v) is 5.92. The molecule has 0 saturated heterocycles. The lowest BCUT2D eigenvalue weighted by molar-refractivity contribution is -0.119. The van der Waals surface area contributed by atoms with Crippen LogP contribution in [0.1, 0.15) is 70.0 Å². The molecule has 3 rings (SSSR count). The van der Waals surface area contributed by atoms with Gasteiger partial charge in [0.2, 0.25) is 5.91 Å². The third kappa shape index (κ3) is 8.58. The molecule has 0 bridgehead atoms. The third-order valence-corrected chi connectivity index (χ3v) is 7.89. The van der Waals surface area contributed by atoms with Crippen LogP contribution in [-0.2, 0) is 11.2 Å². The zero-order valence-electron chi connectivity index (χ0n) is 20.8. The first-order chi connectivity index (χ1) is 16.0. The molecule has 1 aliphatic rings. The monoisotopic (exact) mass is 488 g/mol. The van der Waals surface area contributed by atoms with Gasteiger partial charge in [-0.25, -0.2) is 0 Å². The van der Waals surface area contributed by atoms with Crippen LogP contribution in [0.25, 0.3) is 0 Å². The minimum Gasteiger partial charge on any atom is -0.496 e. The van der Waals surface area contributed by atoms with Crippen molar-refractivity contribution in [3.05, 3.63) is 59.7 Å². The van der Waals surface area contributed by atoms with Crippen molar-refractivity contribution in [2.24, 2.45) is 0 Å². The zero-order chi connectivity index (χ0) is 24.1. The molecule has 1 heterocycles. The number of carbonyl (C=O) groups is 1. The maximum atomic E-state index is 11.8. The number of methoxy groups -OCH3 is 1. The predicted octanol–water partition coefficient (Wildman–Crippen LogP) is 6.80. The maximum Gasteiger partial charge on any atom is 0.230 e. The molecule has 182 valence electrons. The van der Waals surface area contributed by atoms with Crippen LogP contribution >= 0.6 is 23.7 Å². The molecule has 2 N–H and O–H groups in total. The second-order valence-electron chi connectivity index (χ2n) is 8.48. The first kappa shape index (κ1) is 27.6. The van der Waals surface area contributed by atoms with Crippen LogP contribution in [-0.4, -0.2) is 30.6 Å². The molecular formula is C27H40N2O2S2. The topological polar surface area (TPSA) is 50.4 Å². The molecular weight excluding hydrogens is 448 g/mol. The van der Waals surface area contributed by atoms with Crippen LogP contribution in [0.3, 0.4) is 0 Å². The number of nitrogens with one attached hydrogen (secondary N) is 2. The predicted molar refractivity (Wildman–Crippen MR) is 144 cm³/mol. The Labute approximate surface area is 209 Å². The Morgan fingerprint density at radius 3 is 2.42 bits per heavy atom. The van der Waals surface area contributed by atoms with Crippen LogP contribution in [0.15, 0.2) is 53.4 Å². The maximum absolute atomic E-state index is 11.8. The van der Waals surface area contributed by atoms with Crippen molar-refractivity contribution < 1.29 is 9.53 Å². The van der Waals surface area contributed by atoms with E-state index < -0.39 is 0 Å². The normalized spacial score (nSPS) is 19.5. The van der Waals surface area contributed by atoms with Crippen LogP contribution in [0.5, 0.6) is 5.75 Å². The van der Waals surface area contributed by atoms with Gasteiger partial charge in [0.15, 0.2) is 0 Å². The third-order valence-electron chi connectivity index (χ3n) is 6.10. The van der Waals surface area contributed by atoms with Crippen molar-refractivity contribution >= 4 is 29.6 Å². The summed E-state index contributed by atoms with van der Waals surface area (Å²) in [5, 5.41) is 3.93. The summed E-state index contributed by atoms with van der Waals surface area (Å²) in [7, 11) is 1.71. The van der Waals surface area contributed by atoms with Crippen molar-refractivity contribution in [2.75, 3.05) is 19.1 Å². The van der Waals surface area contributed by atoms with Gasteiger partial charge < -0.3 is 14.8 Å². The molecule has 1 amide bonds. The Morgan fingerprint density at radius 2 is 1.88 bits per heavy atom. The lowest BCUT2D eigenvalue weighted by atomic mass is 9.90. The Hall–Kier alpha value is -1.63. The van der Waals surface area contributed by atoms with E-state index in [-0.39, 0.29) is 17.5 Å². The van der Waals surface area contributed by atoms with Crippen LogP contribution in [0.4, 0.5) is 0 Å². The van der Waals surface area contributed by atoms with E-state index in [4.69, 9.17) is 4.74 Å². The number of fused-ring (bicyclic) bond motifs is 1. The van der Waals surface area contributed by atoms with E-state index in [1.54, 1.807) is 7.11 Å². The summed E-state index contributed by atoms with van der Waals surface area (Å²) in [5.41, 5.74) is 2.61. The summed E-state index contributed by atoms with van der Waals surface area (Å²) in [6.07, 6.45) is 7.87. The Balaban J connectivity index is 0.000000554. The highest BCUT2D eigenvalue weighted by Gasteiger charge is 2.33. The molecule has 4 nitrogen and oxygen atoms in total. The fraction of sp³-hybridized carbons (Fsp3) is 0.519. The summed E-state index contributed by atoms with van der Waals surface area (Å²) in [4.78, 5) is 13.2. The molecule has 6 heteroatoms. The summed E-state index contributed by atoms with van der Waals surface area (Å²) < 4.78 is 8.45. The summed E-state index contributed by atoms with van der Waals surface area (Å²) in [6.45, 7) is 6.81. The molecule has 0 aliphatic carbocycles. The number of benzene rings is 2. The van der Waals surface area contributed by atoms with Crippen molar-refractivity contribution in [1.29, 1.82) is 0 Å². The number of unbranched alkanes of at least 4 members (excludes halogenated alkanes) is 1. The highest BCUT2D eigenvalue weighted by Crippen LogP contribution is 2.41. The largest absolute Gasteiger partial charge is 0.496 e. The van der Waals surface area contributed by atoms with Gasteiger partial charge in [0.05, 0.1) is 7.11 Å². The van der Waals surface area contributed by atoms with E-state index in [0.29, 0.717) is 12.8 Å². The molecule has 2 aromatic carbocycles. The van der Waals surface area contributed by atoms with Gasteiger partial charge in [0, 0.05) is 34.9 Å². The number of hydrogen-bond acceptors (Lipinski definition) is 5. The minimum absolute atomic E-state index is 0.0618. The van der Waals surface area contributed by atoms with Gasteiger partial charge in [0.1, 0.15) is 5.75 Å². The van der Waals surface area contributed by atoms with E-state index in [1.165, 1.54) is 41.7 Å². The zero-order valence-corrected chi connectivity index (χ0v) is 22.4. The van der Waals surface area contributed by atoms with Crippen LogP contribution in [0, 0.1) is 0 Å². The number of amides is 1. The van der Waals surface area contributed by atoms with Gasteiger partial charge in [0.25, 0.3) is 0 Å². The van der Waals surface area contributed by atoms with Crippen molar-refractivity contribution in [3.63, 3.8) is 0 Å². The Bertz CT molecular complexity index is 821. The van der Waals surface area contributed by atoms with E-state index in [2.05, 4.69) is 42.9 Å². The van der Waals surface area contributed by atoms with Crippen molar-refractivity contribution in [1.82, 2.24) is 10.0 Å². The van der Waals surface area contributed by atoms with Gasteiger partial charge in [-0.2, -0.15) is 0 Å². The SMILES string of the molecule is CCCC[C@]1(CC)CSc2cc(CCC(=O)NSC)c(OC)cc2[C@@H](C)N1.c1ccccc1. The summed E-state index contributed by atoms with van der Waals surface area (Å²) in [5.74, 6) is 2.03. The molecule has 0 aromatic heterocycles. The minimum atomic E-state index is 0.0618. The molecule has 0 radical (unpaired) electrons. The van der Waals surface area contributed by atoms with E-state index >= 15 is 0 Å². The number of thioether (sulfide) groups is 1. The average Bonchev–Trinajstić information content (AvgIpc) is 2.99. The smallest absolute Gasteiger partial charge is 0.230 e. The van der Waals surface area contributed by atoms with Gasteiger partial charge in [-0.1, -0.05) is 75.0 Å². The molecule has 2 atom stereocenters. The lowest BCUT2D eigenvalue weighted by Gasteiger charge is -2.35. The van der Waals surface area contributed by atoms with Crippen LogP contribution in [0.2, 0.25) is 0 Å². The number of aryl methyl sites for hydroxylation is 1. The summed E-state index contributed by atoms with van der Waals surface area (Å²) in [6, 6.07) is 16.7. The highest BCUT2D eigenvalue weighted by molar-refractivity contribution is 7.99. The average molecular weight is 489 g/mol. The van der Waals surface area contributed by atoms with Crippen molar-refractivity contribution in [3.8, 4) is 5.75 Å². The van der Waals surface area contributed by atoms with E-state index in [0.717, 1.165) is 23.5 Å². The second-order valence-corrected chi connectivity index (χ2v) is 10.1. The molecule has 2 aromatic rings. The highest BCUT2D eigenvalue weighted by atomic mass is 32.2. The standard InChI is InChI=1S/C21H34N2O2S2.C6H6/c1-6-8-11-21(7-2)14-27-19-12-16(9-10-20(24)23-26-5)18(25-4)13-17(19)15(3)22-21;1-2-4-6-5-3-1/h12-13,15,22H,6-11,14H2,1-5H3,(H,23,24);1-6H/t15-,21-;/m1./s1. The van der Waals surface area contributed by atoms with Gasteiger partial charge in [-0.15, -0.1) is 11.8 Å². The van der Waals surface area contributed by atoms with Gasteiger partial charge >= 0.3 is 0 Å². The molecule has 0 saturated carbocycles. The Kier molecular flexibility index (Phi) is 12.2. The second kappa shape index (κ2) is 14.6. The Morgan fingerprint density at radius 1 is 1.21 bits per heavy atom.